The van der Waals surface area contributed by atoms with Crippen molar-refractivity contribution in [3.05, 3.63) is 35.0 Å². The van der Waals surface area contributed by atoms with Crippen LogP contribution in [-0.2, 0) is 11.2 Å². The monoisotopic (exact) mass is 305 g/mol. The minimum atomic E-state index is 0.0948. The first-order valence-electron chi connectivity index (χ1n) is 7.42. The summed E-state index contributed by atoms with van der Waals surface area (Å²) in [5, 5.41) is 4.88. The van der Waals surface area contributed by atoms with E-state index in [1.165, 1.54) is 5.56 Å². The van der Waals surface area contributed by atoms with E-state index in [-0.39, 0.29) is 17.9 Å². The molecule has 0 radical (unpaired) electrons. The second-order valence-corrected chi connectivity index (χ2v) is 6.25. The number of fused-ring (bicyclic) bond motifs is 1. The number of nitrogens with two attached hydrogens (primary N) is 1. The van der Waals surface area contributed by atoms with E-state index < -0.39 is 0 Å². The summed E-state index contributed by atoms with van der Waals surface area (Å²) in [5.41, 5.74) is 8.10. The van der Waals surface area contributed by atoms with Crippen molar-refractivity contribution >= 4 is 28.4 Å². The van der Waals surface area contributed by atoms with Crippen LogP contribution >= 0.6 is 11.6 Å². The zero-order chi connectivity index (χ0) is 14.8. The van der Waals surface area contributed by atoms with Gasteiger partial charge in [-0.2, -0.15) is 0 Å². The van der Waals surface area contributed by atoms with E-state index >= 15 is 0 Å². The normalized spacial score (nSPS) is 21.8. The van der Waals surface area contributed by atoms with Crippen molar-refractivity contribution in [3.63, 3.8) is 0 Å². The molecular weight excluding hydrogens is 286 g/mol. The second kappa shape index (κ2) is 6.08. The first-order chi connectivity index (χ1) is 10.1. The van der Waals surface area contributed by atoms with Crippen molar-refractivity contribution in [2.45, 2.75) is 31.7 Å². The number of amides is 1. The maximum Gasteiger partial charge on any atom is 0.223 e. The number of benzene rings is 1. The fourth-order valence-electron chi connectivity index (χ4n) is 3.08. The summed E-state index contributed by atoms with van der Waals surface area (Å²) in [6.07, 6.45) is 5.47. The number of carbonyl (C=O) groups excluding carboxylic acids is 1. The Morgan fingerprint density at radius 3 is 3.05 bits per heavy atom. The third-order valence-electron chi connectivity index (χ3n) is 4.27. The summed E-state index contributed by atoms with van der Waals surface area (Å²) < 4.78 is 0. The van der Waals surface area contributed by atoms with Gasteiger partial charge in [0.15, 0.2) is 0 Å². The number of aromatic amines is 1. The Hall–Kier alpha value is -1.52. The third kappa shape index (κ3) is 3.22. The molecule has 4 nitrogen and oxygen atoms in total. The van der Waals surface area contributed by atoms with Gasteiger partial charge >= 0.3 is 0 Å². The summed E-state index contributed by atoms with van der Waals surface area (Å²) in [5.74, 6) is 0.234. The van der Waals surface area contributed by atoms with Gasteiger partial charge in [0.2, 0.25) is 5.91 Å². The fraction of sp³-hybridized carbons (Fsp3) is 0.438. The van der Waals surface area contributed by atoms with Gasteiger partial charge in [0.25, 0.3) is 0 Å². The number of hydrogen-bond acceptors (Lipinski definition) is 2. The molecule has 0 aliphatic heterocycles. The van der Waals surface area contributed by atoms with E-state index in [9.17, 15) is 4.79 Å². The van der Waals surface area contributed by atoms with Crippen LogP contribution in [-0.4, -0.2) is 23.5 Å². The molecule has 112 valence electrons. The van der Waals surface area contributed by atoms with Crippen molar-refractivity contribution < 1.29 is 4.79 Å². The number of rotatable bonds is 4. The molecule has 2 aromatic rings. The Kier molecular flexibility index (Phi) is 4.17. The molecular formula is C16H20ClN3O. The molecule has 1 amide bonds. The van der Waals surface area contributed by atoms with Gasteiger partial charge in [-0.3, -0.25) is 4.79 Å². The molecule has 1 aromatic heterocycles. The highest BCUT2D eigenvalue weighted by molar-refractivity contribution is 6.31. The van der Waals surface area contributed by atoms with Gasteiger partial charge < -0.3 is 16.0 Å². The summed E-state index contributed by atoms with van der Waals surface area (Å²) in [4.78, 5) is 15.3. The van der Waals surface area contributed by atoms with Gasteiger partial charge in [0.1, 0.15) is 0 Å². The van der Waals surface area contributed by atoms with Gasteiger partial charge in [-0.05, 0) is 49.4 Å². The van der Waals surface area contributed by atoms with Crippen molar-refractivity contribution in [2.75, 3.05) is 6.54 Å². The molecule has 1 aliphatic rings. The molecule has 2 unspecified atom stereocenters. The van der Waals surface area contributed by atoms with E-state index in [0.29, 0.717) is 6.54 Å². The Morgan fingerprint density at radius 1 is 1.43 bits per heavy atom. The van der Waals surface area contributed by atoms with Crippen LogP contribution < -0.4 is 11.1 Å². The molecule has 1 saturated carbocycles. The van der Waals surface area contributed by atoms with Gasteiger partial charge in [-0.25, -0.2) is 0 Å². The van der Waals surface area contributed by atoms with Crippen LogP contribution in [0.4, 0.5) is 0 Å². The first kappa shape index (κ1) is 14.4. The fourth-order valence-corrected chi connectivity index (χ4v) is 3.25. The van der Waals surface area contributed by atoms with Crippen molar-refractivity contribution in [2.24, 2.45) is 11.7 Å². The van der Waals surface area contributed by atoms with Crippen LogP contribution in [0.5, 0.6) is 0 Å². The topological polar surface area (TPSA) is 70.9 Å². The van der Waals surface area contributed by atoms with Gasteiger partial charge in [0.05, 0.1) is 0 Å². The van der Waals surface area contributed by atoms with Crippen LogP contribution in [0.15, 0.2) is 24.4 Å². The van der Waals surface area contributed by atoms with Gasteiger partial charge in [-0.15, -0.1) is 0 Å². The lowest BCUT2D eigenvalue weighted by atomic mass is 10.1. The van der Waals surface area contributed by atoms with E-state index in [1.54, 1.807) is 0 Å². The zero-order valence-electron chi connectivity index (χ0n) is 11.9. The minimum absolute atomic E-state index is 0.0948. The standard InChI is InChI=1S/C16H20ClN3O/c17-12-2-4-15-14(8-12)11(9-20-15)5-6-19-16(21)10-1-3-13(18)7-10/h2,4,8-10,13,20H,1,3,5-7,18H2,(H,19,21). The Labute approximate surface area is 129 Å². The largest absolute Gasteiger partial charge is 0.361 e. The Balaban J connectivity index is 1.57. The number of halogens is 1. The van der Waals surface area contributed by atoms with Crippen LogP contribution in [0.3, 0.4) is 0 Å². The first-order valence-corrected chi connectivity index (χ1v) is 7.80. The van der Waals surface area contributed by atoms with Crippen LogP contribution in [0.1, 0.15) is 24.8 Å². The molecule has 2 atom stereocenters. The number of H-pyrrole nitrogens is 1. The lowest BCUT2D eigenvalue weighted by molar-refractivity contribution is -0.124. The highest BCUT2D eigenvalue weighted by atomic mass is 35.5. The highest BCUT2D eigenvalue weighted by Crippen LogP contribution is 2.24. The van der Waals surface area contributed by atoms with E-state index in [0.717, 1.165) is 41.6 Å². The van der Waals surface area contributed by atoms with Crippen LogP contribution in [0, 0.1) is 5.92 Å². The summed E-state index contributed by atoms with van der Waals surface area (Å²) in [6.45, 7) is 0.643. The van der Waals surface area contributed by atoms with Gasteiger partial charge in [-0.1, -0.05) is 11.6 Å². The maximum absolute atomic E-state index is 12.0. The predicted molar refractivity (Wildman–Crippen MR) is 85.3 cm³/mol. The molecule has 21 heavy (non-hydrogen) atoms. The molecule has 0 spiro atoms. The smallest absolute Gasteiger partial charge is 0.223 e. The molecule has 0 saturated heterocycles. The molecule has 1 heterocycles. The number of nitrogens with one attached hydrogen (secondary N) is 2. The number of carbonyl (C=O) groups is 1. The molecule has 4 N–H and O–H groups in total. The van der Waals surface area contributed by atoms with E-state index in [1.807, 2.05) is 24.4 Å². The molecule has 0 bridgehead atoms. The molecule has 3 rings (SSSR count). The Bertz CT molecular complexity index is 652. The average molecular weight is 306 g/mol. The van der Waals surface area contributed by atoms with E-state index in [4.69, 9.17) is 17.3 Å². The molecule has 1 fully saturated rings. The predicted octanol–water partition coefficient (Wildman–Crippen LogP) is 2.61. The SMILES string of the molecule is NC1CCC(C(=O)NCCc2c[nH]c3ccc(Cl)cc23)C1. The third-order valence-corrected chi connectivity index (χ3v) is 4.50. The molecule has 5 heteroatoms. The highest BCUT2D eigenvalue weighted by Gasteiger charge is 2.27. The van der Waals surface area contributed by atoms with Crippen LogP contribution in [0.2, 0.25) is 5.02 Å². The van der Waals surface area contributed by atoms with Crippen molar-refractivity contribution in [1.82, 2.24) is 10.3 Å². The second-order valence-electron chi connectivity index (χ2n) is 5.81. The van der Waals surface area contributed by atoms with Gasteiger partial charge in [0, 0.05) is 40.6 Å². The van der Waals surface area contributed by atoms with Crippen molar-refractivity contribution in [1.29, 1.82) is 0 Å². The molecule has 1 aliphatic carbocycles. The number of hydrogen-bond donors (Lipinski definition) is 3. The minimum Gasteiger partial charge on any atom is -0.361 e. The summed E-state index contributed by atoms with van der Waals surface area (Å²) in [6, 6.07) is 5.99. The summed E-state index contributed by atoms with van der Waals surface area (Å²) in [7, 11) is 0. The lowest BCUT2D eigenvalue weighted by Crippen LogP contribution is -2.31. The molecule has 1 aromatic carbocycles. The zero-order valence-corrected chi connectivity index (χ0v) is 12.6. The Morgan fingerprint density at radius 2 is 2.29 bits per heavy atom. The quantitative estimate of drug-likeness (QED) is 0.812. The summed E-state index contributed by atoms with van der Waals surface area (Å²) >= 11 is 6.04. The van der Waals surface area contributed by atoms with Crippen molar-refractivity contribution in [3.8, 4) is 0 Å². The van der Waals surface area contributed by atoms with E-state index in [2.05, 4.69) is 10.3 Å². The average Bonchev–Trinajstić information content (AvgIpc) is 3.05. The van der Waals surface area contributed by atoms with Crippen LogP contribution in [0.25, 0.3) is 10.9 Å². The number of aromatic nitrogens is 1. The lowest BCUT2D eigenvalue weighted by Gasteiger charge is -2.10. The maximum atomic E-state index is 12.0.